The second-order valence-corrected chi connectivity index (χ2v) is 7.78. The SMILES string of the molecule is CC(C)(C)c1cc(/C=C(\S)C(=O)O)cc(C(C)(C)C)c1O. The fourth-order valence-electron chi connectivity index (χ4n) is 2.10. The summed E-state index contributed by atoms with van der Waals surface area (Å²) in [6.45, 7) is 12.1. The molecule has 1 rings (SSSR count). The van der Waals surface area contributed by atoms with E-state index in [0.29, 0.717) is 0 Å². The van der Waals surface area contributed by atoms with Crippen molar-refractivity contribution in [1.82, 2.24) is 0 Å². The van der Waals surface area contributed by atoms with E-state index in [-0.39, 0.29) is 21.5 Å². The summed E-state index contributed by atoms with van der Waals surface area (Å²) in [5.74, 6) is -0.788. The Balaban J connectivity index is 3.63. The van der Waals surface area contributed by atoms with E-state index in [9.17, 15) is 9.90 Å². The minimum absolute atomic E-state index is 0.0274. The number of phenols is 1. The molecule has 1 aromatic rings. The van der Waals surface area contributed by atoms with E-state index in [4.69, 9.17) is 5.11 Å². The highest BCUT2D eigenvalue weighted by Gasteiger charge is 2.26. The number of carboxylic acid groups (broad SMARTS) is 1. The molecule has 4 heteroatoms. The summed E-state index contributed by atoms with van der Waals surface area (Å²) in [7, 11) is 0. The fraction of sp³-hybridized carbons (Fsp3) is 0.471. The number of carboxylic acids is 1. The molecule has 0 radical (unpaired) electrons. The summed E-state index contributed by atoms with van der Waals surface area (Å²) in [5, 5.41) is 19.5. The zero-order chi connectivity index (χ0) is 16.6. The number of aliphatic carboxylic acids is 1. The molecule has 0 spiro atoms. The van der Waals surface area contributed by atoms with E-state index in [1.54, 1.807) is 0 Å². The molecule has 0 heterocycles. The molecule has 0 unspecified atom stereocenters. The summed E-state index contributed by atoms with van der Waals surface area (Å²) in [6, 6.07) is 3.65. The van der Waals surface area contributed by atoms with Gasteiger partial charge in [-0.15, -0.1) is 12.6 Å². The Morgan fingerprint density at radius 1 is 1.05 bits per heavy atom. The molecular weight excluding hydrogens is 284 g/mol. The minimum atomic E-state index is -1.07. The van der Waals surface area contributed by atoms with Crippen molar-refractivity contribution >= 4 is 24.7 Å². The van der Waals surface area contributed by atoms with E-state index in [1.165, 1.54) is 6.08 Å². The zero-order valence-corrected chi connectivity index (χ0v) is 14.4. The van der Waals surface area contributed by atoms with Crippen molar-refractivity contribution in [2.24, 2.45) is 0 Å². The van der Waals surface area contributed by atoms with Crippen molar-refractivity contribution in [1.29, 1.82) is 0 Å². The lowest BCUT2D eigenvalue weighted by molar-refractivity contribution is -0.131. The van der Waals surface area contributed by atoms with Gasteiger partial charge in [0.1, 0.15) is 5.75 Å². The zero-order valence-electron chi connectivity index (χ0n) is 13.5. The number of rotatable bonds is 2. The van der Waals surface area contributed by atoms with Crippen molar-refractivity contribution in [2.75, 3.05) is 0 Å². The van der Waals surface area contributed by atoms with Gasteiger partial charge in [-0.3, -0.25) is 0 Å². The van der Waals surface area contributed by atoms with Crippen LogP contribution in [0.4, 0.5) is 0 Å². The first-order chi connectivity index (χ1) is 9.34. The van der Waals surface area contributed by atoms with Crippen LogP contribution in [0.3, 0.4) is 0 Å². The minimum Gasteiger partial charge on any atom is -0.507 e. The molecule has 0 fully saturated rings. The molecule has 0 aliphatic heterocycles. The number of hydrogen-bond acceptors (Lipinski definition) is 3. The highest BCUT2D eigenvalue weighted by molar-refractivity contribution is 7.85. The number of benzene rings is 1. The molecule has 0 saturated heterocycles. The van der Waals surface area contributed by atoms with Crippen LogP contribution in [0.2, 0.25) is 0 Å². The Morgan fingerprint density at radius 2 is 1.43 bits per heavy atom. The first kappa shape index (κ1) is 17.6. The third kappa shape index (κ3) is 4.27. The third-order valence-corrected chi connectivity index (χ3v) is 3.59. The van der Waals surface area contributed by atoms with Crippen molar-refractivity contribution < 1.29 is 15.0 Å². The topological polar surface area (TPSA) is 57.5 Å². The number of phenolic OH excluding ortho intramolecular Hbond substituents is 1. The van der Waals surface area contributed by atoms with E-state index in [1.807, 2.05) is 53.7 Å². The summed E-state index contributed by atoms with van der Waals surface area (Å²) < 4.78 is 0. The van der Waals surface area contributed by atoms with Gasteiger partial charge in [-0.2, -0.15) is 0 Å². The molecule has 116 valence electrons. The molecule has 0 bridgehead atoms. The lowest BCUT2D eigenvalue weighted by Crippen LogP contribution is -2.17. The van der Waals surface area contributed by atoms with Gasteiger partial charge in [0.2, 0.25) is 0 Å². The largest absolute Gasteiger partial charge is 0.507 e. The molecule has 0 aromatic heterocycles. The van der Waals surface area contributed by atoms with E-state index in [0.717, 1.165) is 16.7 Å². The van der Waals surface area contributed by atoms with Gasteiger partial charge in [-0.25, -0.2) is 4.79 Å². The first-order valence-corrected chi connectivity index (χ1v) is 7.30. The van der Waals surface area contributed by atoms with Crippen LogP contribution in [0.15, 0.2) is 17.0 Å². The molecular formula is C17H24O3S. The van der Waals surface area contributed by atoms with Crippen LogP contribution in [0.25, 0.3) is 6.08 Å². The average Bonchev–Trinajstić information content (AvgIpc) is 2.27. The second kappa shape index (κ2) is 5.76. The van der Waals surface area contributed by atoms with Crippen LogP contribution in [0, 0.1) is 0 Å². The molecule has 2 N–H and O–H groups in total. The van der Waals surface area contributed by atoms with Crippen LogP contribution in [0.1, 0.15) is 58.2 Å². The summed E-state index contributed by atoms with van der Waals surface area (Å²) in [6.07, 6.45) is 1.51. The van der Waals surface area contributed by atoms with Crippen molar-refractivity contribution in [2.45, 2.75) is 52.4 Å². The lowest BCUT2D eigenvalue weighted by Gasteiger charge is -2.27. The highest BCUT2D eigenvalue weighted by Crippen LogP contribution is 2.40. The van der Waals surface area contributed by atoms with Crippen LogP contribution in [0.5, 0.6) is 5.75 Å². The van der Waals surface area contributed by atoms with E-state index < -0.39 is 5.97 Å². The summed E-state index contributed by atoms with van der Waals surface area (Å²) >= 11 is 3.97. The van der Waals surface area contributed by atoms with Crippen LogP contribution in [-0.2, 0) is 15.6 Å². The molecule has 0 aliphatic carbocycles. The van der Waals surface area contributed by atoms with Gasteiger partial charge >= 0.3 is 5.97 Å². The Kier molecular flexibility index (Phi) is 4.83. The Hall–Kier alpha value is -1.42. The molecule has 0 saturated carbocycles. The quantitative estimate of drug-likeness (QED) is 0.562. The molecule has 0 atom stereocenters. The van der Waals surface area contributed by atoms with E-state index >= 15 is 0 Å². The van der Waals surface area contributed by atoms with Crippen LogP contribution in [-0.4, -0.2) is 16.2 Å². The smallest absolute Gasteiger partial charge is 0.341 e. The fourth-order valence-corrected chi connectivity index (χ4v) is 2.25. The van der Waals surface area contributed by atoms with Gasteiger partial charge in [0.15, 0.2) is 0 Å². The number of hydrogen-bond donors (Lipinski definition) is 3. The van der Waals surface area contributed by atoms with Crippen molar-refractivity contribution in [3.05, 3.63) is 33.7 Å². The molecule has 3 nitrogen and oxygen atoms in total. The van der Waals surface area contributed by atoms with Crippen LogP contribution >= 0.6 is 12.6 Å². The predicted octanol–water partition coefficient (Wildman–Crippen LogP) is 4.34. The van der Waals surface area contributed by atoms with Gasteiger partial charge < -0.3 is 10.2 Å². The number of carbonyl (C=O) groups is 1. The third-order valence-electron chi connectivity index (χ3n) is 3.27. The molecule has 0 amide bonds. The van der Waals surface area contributed by atoms with Gasteiger partial charge in [0, 0.05) is 11.1 Å². The number of thiol groups is 1. The van der Waals surface area contributed by atoms with Gasteiger partial charge in [0.05, 0.1) is 4.91 Å². The van der Waals surface area contributed by atoms with Crippen molar-refractivity contribution in [3.63, 3.8) is 0 Å². The van der Waals surface area contributed by atoms with Gasteiger partial charge in [-0.1, -0.05) is 41.5 Å². The maximum atomic E-state index is 10.9. The molecule has 1 aromatic carbocycles. The first-order valence-electron chi connectivity index (χ1n) is 6.86. The molecule has 21 heavy (non-hydrogen) atoms. The standard InChI is InChI=1S/C17H24O3S/c1-16(2,3)11-7-10(9-13(21)15(19)20)8-12(14(11)18)17(4,5)6/h7-9,18,21H,1-6H3,(H,19,20)/b13-9-. The normalized spacial score (nSPS) is 13.4. The van der Waals surface area contributed by atoms with Crippen LogP contribution < -0.4 is 0 Å². The van der Waals surface area contributed by atoms with Gasteiger partial charge in [-0.05, 0) is 34.6 Å². The monoisotopic (exact) mass is 308 g/mol. The maximum absolute atomic E-state index is 10.9. The number of aromatic hydroxyl groups is 1. The van der Waals surface area contributed by atoms with Gasteiger partial charge in [0.25, 0.3) is 0 Å². The average molecular weight is 308 g/mol. The summed E-state index contributed by atoms with van der Waals surface area (Å²) in [5.41, 5.74) is 1.84. The maximum Gasteiger partial charge on any atom is 0.341 e. The lowest BCUT2D eigenvalue weighted by atomic mass is 9.78. The Morgan fingerprint density at radius 3 is 1.71 bits per heavy atom. The Labute approximate surface area is 132 Å². The highest BCUT2D eigenvalue weighted by atomic mass is 32.1. The van der Waals surface area contributed by atoms with E-state index in [2.05, 4.69) is 12.6 Å². The summed E-state index contributed by atoms with van der Waals surface area (Å²) in [4.78, 5) is 10.9. The predicted molar refractivity (Wildman–Crippen MR) is 90.1 cm³/mol. The molecule has 0 aliphatic rings. The van der Waals surface area contributed by atoms with Crippen molar-refractivity contribution in [3.8, 4) is 5.75 Å². The second-order valence-electron chi connectivity index (χ2n) is 7.30. The Bertz CT molecular complexity index is 552.